The molecule has 0 aliphatic heterocycles. The van der Waals surface area contributed by atoms with Crippen molar-refractivity contribution in [1.29, 1.82) is 0 Å². The van der Waals surface area contributed by atoms with E-state index in [2.05, 4.69) is 31.1 Å². The van der Waals surface area contributed by atoms with Crippen LogP contribution in [0.25, 0.3) is 0 Å². The number of nitrogens with zero attached hydrogens (tertiary/aromatic N) is 3. The van der Waals surface area contributed by atoms with Gasteiger partial charge in [-0.05, 0) is 49.3 Å². The van der Waals surface area contributed by atoms with Crippen LogP contribution >= 0.6 is 0 Å². The Morgan fingerprint density at radius 2 is 2.12 bits per heavy atom. The third kappa shape index (κ3) is 4.20. The van der Waals surface area contributed by atoms with Crippen LogP contribution in [-0.2, 0) is 18.4 Å². The summed E-state index contributed by atoms with van der Waals surface area (Å²) in [4.78, 5) is 0. The monoisotopic (exact) mass is 345 g/mol. The first-order valence-electron chi connectivity index (χ1n) is 9.36. The number of rotatable bonds is 9. The number of benzene rings is 1. The molecule has 1 aliphatic rings. The molecule has 4 nitrogen and oxygen atoms in total. The quantitative estimate of drug-likeness (QED) is 0.670. The molecular formula is C20H28FN3O. The third-order valence-corrected chi connectivity index (χ3v) is 5.28. The molecule has 136 valence electrons. The topological polar surface area (TPSA) is 39.9 Å². The van der Waals surface area contributed by atoms with Crippen LogP contribution in [0.15, 0.2) is 24.4 Å². The van der Waals surface area contributed by atoms with Crippen LogP contribution in [0.2, 0.25) is 0 Å². The van der Waals surface area contributed by atoms with E-state index in [0.717, 1.165) is 37.1 Å². The summed E-state index contributed by atoms with van der Waals surface area (Å²) in [6.45, 7) is 7.85. The van der Waals surface area contributed by atoms with E-state index in [1.165, 1.54) is 18.9 Å². The molecule has 1 aromatic heterocycles. The molecule has 1 atom stereocenters. The lowest BCUT2D eigenvalue weighted by Gasteiger charge is -2.30. The largest absolute Gasteiger partial charge is 0.490 e. The Hall–Kier alpha value is -1.91. The highest BCUT2D eigenvalue weighted by atomic mass is 19.1. The van der Waals surface area contributed by atoms with Gasteiger partial charge in [0.15, 0.2) is 11.6 Å². The Balaban J connectivity index is 1.82. The molecule has 2 aromatic rings. The second-order valence-corrected chi connectivity index (χ2v) is 7.45. The normalized spacial score (nSPS) is 16.6. The second kappa shape index (κ2) is 7.54. The van der Waals surface area contributed by atoms with Crippen molar-refractivity contribution in [3.63, 3.8) is 0 Å². The SMILES string of the molecule is CCCc1cnnn1C[C@](C)(CC)c1ccc(F)c(OCC2CC2)c1. The van der Waals surface area contributed by atoms with Gasteiger partial charge in [-0.15, -0.1) is 5.10 Å². The van der Waals surface area contributed by atoms with Crippen LogP contribution in [0.5, 0.6) is 5.75 Å². The third-order valence-electron chi connectivity index (χ3n) is 5.28. The van der Waals surface area contributed by atoms with Crippen molar-refractivity contribution in [2.24, 2.45) is 5.92 Å². The van der Waals surface area contributed by atoms with Crippen molar-refractivity contribution in [1.82, 2.24) is 15.0 Å². The fraction of sp³-hybridized carbons (Fsp3) is 0.600. The van der Waals surface area contributed by atoms with Gasteiger partial charge in [0.1, 0.15) is 0 Å². The first-order valence-corrected chi connectivity index (χ1v) is 9.36. The molecule has 0 radical (unpaired) electrons. The van der Waals surface area contributed by atoms with Gasteiger partial charge >= 0.3 is 0 Å². The first-order chi connectivity index (χ1) is 12.1. The summed E-state index contributed by atoms with van der Waals surface area (Å²) in [5.41, 5.74) is 2.08. The van der Waals surface area contributed by atoms with E-state index in [1.807, 2.05) is 23.0 Å². The van der Waals surface area contributed by atoms with E-state index in [4.69, 9.17) is 4.74 Å². The fourth-order valence-electron chi connectivity index (χ4n) is 3.08. The van der Waals surface area contributed by atoms with Crippen molar-refractivity contribution >= 4 is 0 Å². The van der Waals surface area contributed by atoms with Gasteiger partial charge in [0, 0.05) is 5.41 Å². The van der Waals surface area contributed by atoms with E-state index in [-0.39, 0.29) is 11.2 Å². The summed E-state index contributed by atoms with van der Waals surface area (Å²) < 4.78 is 21.8. The summed E-state index contributed by atoms with van der Waals surface area (Å²) in [6, 6.07) is 5.27. The van der Waals surface area contributed by atoms with Gasteiger partial charge in [0.2, 0.25) is 0 Å². The summed E-state index contributed by atoms with van der Waals surface area (Å²) in [6.07, 6.45) is 7.18. The number of aryl methyl sites for hydroxylation is 1. The van der Waals surface area contributed by atoms with Gasteiger partial charge in [0.25, 0.3) is 0 Å². The molecule has 1 aliphatic carbocycles. The average Bonchev–Trinajstić information content (AvgIpc) is 3.35. The smallest absolute Gasteiger partial charge is 0.165 e. The molecule has 1 fully saturated rings. The Bertz CT molecular complexity index is 711. The van der Waals surface area contributed by atoms with Crippen molar-refractivity contribution in [3.8, 4) is 5.75 Å². The lowest BCUT2D eigenvalue weighted by molar-refractivity contribution is 0.282. The maximum atomic E-state index is 14.1. The molecule has 0 amide bonds. The van der Waals surface area contributed by atoms with E-state index in [9.17, 15) is 4.39 Å². The minimum atomic E-state index is -0.282. The van der Waals surface area contributed by atoms with Crippen molar-refractivity contribution in [3.05, 3.63) is 41.5 Å². The summed E-state index contributed by atoms with van der Waals surface area (Å²) >= 11 is 0. The molecule has 0 N–H and O–H groups in total. The summed E-state index contributed by atoms with van der Waals surface area (Å²) in [7, 11) is 0. The molecule has 3 rings (SSSR count). The van der Waals surface area contributed by atoms with Crippen LogP contribution < -0.4 is 4.74 Å². The van der Waals surface area contributed by atoms with Crippen molar-refractivity contribution in [2.75, 3.05) is 6.61 Å². The number of halogens is 1. The highest BCUT2D eigenvalue weighted by molar-refractivity contribution is 5.35. The van der Waals surface area contributed by atoms with Crippen LogP contribution in [0.3, 0.4) is 0 Å². The number of hydrogen-bond donors (Lipinski definition) is 0. The zero-order chi connectivity index (χ0) is 17.9. The predicted molar refractivity (Wildman–Crippen MR) is 96.3 cm³/mol. The number of ether oxygens (including phenoxy) is 1. The molecule has 1 aromatic carbocycles. The maximum Gasteiger partial charge on any atom is 0.165 e. The fourth-order valence-corrected chi connectivity index (χ4v) is 3.08. The minimum absolute atomic E-state index is 0.151. The first kappa shape index (κ1) is 17.9. The Kier molecular flexibility index (Phi) is 5.40. The van der Waals surface area contributed by atoms with Gasteiger partial charge in [-0.3, -0.25) is 0 Å². The highest BCUT2D eigenvalue weighted by Crippen LogP contribution is 2.34. The van der Waals surface area contributed by atoms with Crippen molar-refractivity contribution < 1.29 is 9.13 Å². The van der Waals surface area contributed by atoms with E-state index < -0.39 is 0 Å². The molecule has 1 saturated carbocycles. The Morgan fingerprint density at radius 3 is 2.80 bits per heavy atom. The molecule has 0 saturated heterocycles. The lowest BCUT2D eigenvalue weighted by atomic mass is 9.80. The predicted octanol–water partition coefficient (Wildman–Crippen LogP) is 4.53. The molecule has 0 bridgehead atoms. The standard InChI is InChI=1S/C20H28FN3O/c1-4-6-17-12-22-23-24(17)14-20(3,5-2)16-9-10-18(21)19(11-16)25-13-15-7-8-15/h9-12,15H,4-8,13-14H2,1-3H3/t20-/m0/s1. The van der Waals surface area contributed by atoms with Crippen LogP contribution in [0.1, 0.15) is 57.7 Å². The maximum absolute atomic E-state index is 14.1. The number of hydrogen-bond acceptors (Lipinski definition) is 3. The van der Waals surface area contributed by atoms with Crippen molar-refractivity contribution in [2.45, 2.75) is 64.8 Å². The van der Waals surface area contributed by atoms with Crippen LogP contribution in [0, 0.1) is 11.7 Å². The molecule has 0 unspecified atom stereocenters. The zero-order valence-corrected chi connectivity index (χ0v) is 15.5. The lowest BCUT2D eigenvalue weighted by Crippen LogP contribution is -2.29. The van der Waals surface area contributed by atoms with Gasteiger partial charge in [-0.1, -0.05) is 38.5 Å². The van der Waals surface area contributed by atoms with Crippen LogP contribution in [-0.4, -0.2) is 21.6 Å². The minimum Gasteiger partial charge on any atom is -0.490 e. The second-order valence-electron chi connectivity index (χ2n) is 7.45. The highest BCUT2D eigenvalue weighted by Gasteiger charge is 2.28. The summed E-state index contributed by atoms with van der Waals surface area (Å²) in [5.74, 6) is 0.694. The van der Waals surface area contributed by atoms with E-state index >= 15 is 0 Å². The van der Waals surface area contributed by atoms with Gasteiger partial charge in [-0.25, -0.2) is 9.07 Å². The Morgan fingerprint density at radius 1 is 1.32 bits per heavy atom. The summed E-state index contributed by atoms with van der Waals surface area (Å²) in [5, 5.41) is 8.33. The number of aromatic nitrogens is 3. The van der Waals surface area contributed by atoms with Gasteiger partial charge in [0.05, 0.1) is 25.0 Å². The molecule has 25 heavy (non-hydrogen) atoms. The van der Waals surface area contributed by atoms with Gasteiger partial charge < -0.3 is 4.74 Å². The molecule has 1 heterocycles. The van der Waals surface area contributed by atoms with Gasteiger partial charge in [-0.2, -0.15) is 0 Å². The van der Waals surface area contributed by atoms with Crippen LogP contribution in [0.4, 0.5) is 4.39 Å². The van der Waals surface area contributed by atoms with E-state index in [0.29, 0.717) is 18.3 Å². The van der Waals surface area contributed by atoms with E-state index in [1.54, 1.807) is 0 Å². The molecule has 5 heteroatoms. The Labute approximate surface area is 149 Å². The molecule has 0 spiro atoms. The zero-order valence-electron chi connectivity index (χ0n) is 15.5. The average molecular weight is 345 g/mol. The molecular weight excluding hydrogens is 317 g/mol.